The predicted molar refractivity (Wildman–Crippen MR) is 114 cm³/mol. The highest BCUT2D eigenvalue weighted by Crippen LogP contribution is 2.22. The zero-order chi connectivity index (χ0) is 22.1. The molecule has 0 aliphatic rings. The van der Waals surface area contributed by atoms with E-state index in [1.165, 1.54) is 10.5 Å². The van der Waals surface area contributed by atoms with Gasteiger partial charge >= 0.3 is 5.69 Å². The van der Waals surface area contributed by atoms with Gasteiger partial charge in [0.2, 0.25) is 5.91 Å². The summed E-state index contributed by atoms with van der Waals surface area (Å²) in [4.78, 5) is 29.6. The summed E-state index contributed by atoms with van der Waals surface area (Å²) in [5.74, 6) is 0.257. The molecular weight excluding hydrogens is 401 g/mol. The number of fused-ring (bicyclic) bond motifs is 1. The standard InChI is InChI=1S/C22H20FN5O3/c1-13-4-7-16(10-18(13)23)25-21(29)12-27-22(30)28-14(2)24-19(11-20(28)26-27)15-5-8-17(31-3)9-6-15/h4-11H,12H2,1-3H3,(H,25,29). The van der Waals surface area contributed by atoms with Crippen molar-refractivity contribution in [2.24, 2.45) is 0 Å². The van der Waals surface area contributed by atoms with E-state index < -0.39 is 17.4 Å². The number of aromatic nitrogens is 4. The first kappa shape index (κ1) is 20.3. The van der Waals surface area contributed by atoms with Crippen molar-refractivity contribution in [2.75, 3.05) is 12.4 Å². The van der Waals surface area contributed by atoms with Gasteiger partial charge in [-0.25, -0.2) is 23.3 Å². The smallest absolute Gasteiger partial charge is 0.352 e. The van der Waals surface area contributed by atoms with Crippen molar-refractivity contribution in [3.8, 4) is 17.0 Å². The van der Waals surface area contributed by atoms with Gasteiger partial charge in [0.05, 0.1) is 12.8 Å². The number of amides is 1. The molecule has 158 valence electrons. The highest BCUT2D eigenvalue weighted by molar-refractivity contribution is 5.90. The van der Waals surface area contributed by atoms with Gasteiger partial charge in [-0.1, -0.05) is 6.07 Å². The highest BCUT2D eigenvalue weighted by Gasteiger charge is 2.15. The molecule has 2 heterocycles. The molecule has 0 spiro atoms. The van der Waals surface area contributed by atoms with E-state index in [2.05, 4.69) is 15.4 Å². The van der Waals surface area contributed by atoms with Crippen molar-refractivity contribution in [3.05, 3.63) is 76.2 Å². The SMILES string of the molecule is COc1ccc(-c2cc3nn(CC(=O)Nc4ccc(C)c(F)c4)c(=O)n3c(C)n2)cc1. The number of benzene rings is 2. The summed E-state index contributed by atoms with van der Waals surface area (Å²) in [6.07, 6.45) is 0. The molecule has 9 heteroatoms. The lowest BCUT2D eigenvalue weighted by Gasteiger charge is -2.05. The Balaban J connectivity index is 1.62. The molecular formula is C22H20FN5O3. The topological polar surface area (TPSA) is 90.5 Å². The number of ether oxygens (including phenoxy) is 1. The average molecular weight is 421 g/mol. The molecule has 4 rings (SSSR count). The summed E-state index contributed by atoms with van der Waals surface area (Å²) in [5, 5.41) is 6.85. The Hall–Kier alpha value is -4.01. The van der Waals surface area contributed by atoms with Gasteiger partial charge in [-0.05, 0) is 55.8 Å². The second-order valence-electron chi connectivity index (χ2n) is 7.06. The Bertz CT molecular complexity index is 1340. The van der Waals surface area contributed by atoms with E-state index in [0.717, 1.165) is 16.0 Å². The van der Waals surface area contributed by atoms with E-state index >= 15 is 0 Å². The summed E-state index contributed by atoms with van der Waals surface area (Å²) in [7, 11) is 1.59. The number of halogens is 1. The molecule has 0 radical (unpaired) electrons. The number of rotatable bonds is 5. The molecule has 4 aromatic rings. The van der Waals surface area contributed by atoms with E-state index in [1.807, 2.05) is 24.3 Å². The Labute approximate surface area is 176 Å². The van der Waals surface area contributed by atoms with Crippen LogP contribution in [0.2, 0.25) is 0 Å². The maximum absolute atomic E-state index is 13.7. The number of anilines is 1. The number of hydrogen-bond acceptors (Lipinski definition) is 5. The number of nitrogens with one attached hydrogen (secondary N) is 1. The van der Waals surface area contributed by atoms with Crippen LogP contribution in [0.3, 0.4) is 0 Å². The molecule has 2 aromatic carbocycles. The van der Waals surface area contributed by atoms with E-state index in [9.17, 15) is 14.0 Å². The Morgan fingerprint density at radius 1 is 1.13 bits per heavy atom. The quantitative estimate of drug-likeness (QED) is 0.535. The van der Waals surface area contributed by atoms with Crippen LogP contribution in [0.15, 0.2) is 53.3 Å². The molecule has 1 amide bonds. The molecule has 0 aliphatic carbocycles. The predicted octanol–water partition coefficient (Wildman–Crippen LogP) is 2.96. The molecule has 0 saturated carbocycles. The fourth-order valence-electron chi connectivity index (χ4n) is 3.22. The van der Waals surface area contributed by atoms with Crippen molar-refractivity contribution < 1.29 is 13.9 Å². The number of nitrogens with zero attached hydrogens (tertiary/aromatic N) is 4. The first-order valence-corrected chi connectivity index (χ1v) is 9.53. The fraction of sp³-hybridized carbons (Fsp3) is 0.182. The van der Waals surface area contributed by atoms with Gasteiger partial charge in [0.1, 0.15) is 23.9 Å². The Morgan fingerprint density at radius 3 is 2.55 bits per heavy atom. The van der Waals surface area contributed by atoms with Crippen LogP contribution in [0, 0.1) is 19.7 Å². The lowest BCUT2D eigenvalue weighted by Crippen LogP contribution is -2.28. The number of carbonyl (C=O) groups excluding carboxylic acids is 1. The molecule has 8 nitrogen and oxygen atoms in total. The minimum atomic E-state index is -0.491. The molecule has 1 N–H and O–H groups in total. The lowest BCUT2D eigenvalue weighted by atomic mass is 10.1. The van der Waals surface area contributed by atoms with Gasteiger partial charge in [0.25, 0.3) is 0 Å². The minimum Gasteiger partial charge on any atom is -0.497 e. The molecule has 0 atom stereocenters. The van der Waals surface area contributed by atoms with Crippen molar-refractivity contribution in [1.29, 1.82) is 0 Å². The third kappa shape index (κ3) is 4.02. The van der Waals surface area contributed by atoms with Crippen molar-refractivity contribution in [3.63, 3.8) is 0 Å². The third-order valence-corrected chi connectivity index (χ3v) is 4.87. The van der Waals surface area contributed by atoms with Crippen molar-refractivity contribution in [2.45, 2.75) is 20.4 Å². The molecule has 0 fully saturated rings. The summed E-state index contributed by atoms with van der Waals surface area (Å²) in [6.45, 7) is 3.02. The average Bonchev–Trinajstić information content (AvgIpc) is 3.06. The van der Waals surface area contributed by atoms with Crippen LogP contribution in [0.25, 0.3) is 16.9 Å². The van der Waals surface area contributed by atoms with Crippen LogP contribution >= 0.6 is 0 Å². The van der Waals surface area contributed by atoms with Crippen LogP contribution in [0.1, 0.15) is 11.4 Å². The number of carbonyl (C=O) groups is 1. The van der Waals surface area contributed by atoms with Gasteiger partial charge in [-0.2, -0.15) is 0 Å². The normalized spacial score (nSPS) is 11.0. The van der Waals surface area contributed by atoms with Crippen LogP contribution in [0.4, 0.5) is 10.1 Å². The molecule has 0 unspecified atom stereocenters. The van der Waals surface area contributed by atoms with Gasteiger partial charge in [0, 0.05) is 17.3 Å². The lowest BCUT2D eigenvalue weighted by molar-refractivity contribution is -0.117. The summed E-state index contributed by atoms with van der Waals surface area (Å²) in [5.41, 5.74) is 2.16. The largest absolute Gasteiger partial charge is 0.497 e. The summed E-state index contributed by atoms with van der Waals surface area (Å²) < 4.78 is 21.3. The first-order chi connectivity index (χ1) is 14.9. The van der Waals surface area contributed by atoms with Crippen LogP contribution < -0.4 is 15.7 Å². The van der Waals surface area contributed by atoms with E-state index in [4.69, 9.17) is 4.74 Å². The summed E-state index contributed by atoms with van der Waals surface area (Å²) in [6, 6.07) is 13.4. The number of aryl methyl sites for hydroxylation is 2. The maximum Gasteiger partial charge on any atom is 0.352 e. The number of hydrogen-bond donors (Lipinski definition) is 1. The second-order valence-corrected chi connectivity index (χ2v) is 7.06. The van der Waals surface area contributed by atoms with E-state index in [1.54, 1.807) is 39.2 Å². The van der Waals surface area contributed by atoms with Crippen LogP contribution in [-0.4, -0.2) is 32.2 Å². The van der Waals surface area contributed by atoms with Crippen molar-refractivity contribution in [1.82, 2.24) is 19.2 Å². The van der Waals surface area contributed by atoms with Gasteiger partial charge in [-0.15, -0.1) is 5.10 Å². The molecule has 2 aromatic heterocycles. The van der Waals surface area contributed by atoms with Crippen LogP contribution in [0.5, 0.6) is 5.75 Å². The van der Waals surface area contributed by atoms with E-state index in [0.29, 0.717) is 28.4 Å². The Morgan fingerprint density at radius 2 is 1.87 bits per heavy atom. The fourth-order valence-corrected chi connectivity index (χ4v) is 3.22. The van der Waals surface area contributed by atoms with Crippen LogP contribution in [-0.2, 0) is 11.3 Å². The molecule has 0 aliphatic heterocycles. The summed E-state index contributed by atoms with van der Waals surface area (Å²) >= 11 is 0. The molecule has 31 heavy (non-hydrogen) atoms. The first-order valence-electron chi connectivity index (χ1n) is 9.53. The zero-order valence-corrected chi connectivity index (χ0v) is 17.2. The highest BCUT2D eigenvalue weighted by atomic mass is 19.1. The zero-order valence-electron chi connectivity index (χ0n) is 17.2. The molecule has 0 bridgehead atoms. The second kappa shape index (κ2) is 8.02. The monoisotopic (exact) mass is 421 g/mol. The molecule has 0 saturated heterocycles. The van der Waals surface area contributed by atoms with Gasteiger partial charge < -0.3 is 10.1 Å². The van der Waals surface area contributed by atoms with Crippen molar-refractivity contribution >= 4 is 17.2 Å². The maximum atomic E-state index is 13.7. The minimum absolute atomic E-state index is 0.310. The Kier molecular flexibility index (Phi) is 5.24. The third-order valence-electron chi connectivity index (χ3n) is 4.87. The number of methoxy groups -OCH3 is 1. The van der Waals surface area contributed by atoms with Gasteiger partial charge in [0.15, 0.2) is 5.65 Å². The van der Waals surface area contributed by atoms with Gasteiger partial charge in [-0.3, -0.25) is 4.79 Å². The van der Waals surface area contributed by atoms with E-state index in [-0.39, 0.29) is 6.54 Å².